The highest BCUT2D eigenvalue weighted by Gasteiger charge is 2.26. The van der Waals surface area contributed by atoms with Crippen molar-refractivity contribution in [3.63, 3.8) is 0 Å². The van der Waals surface area contributed by atoms with Crippen LogP contribution in [0, 0.1) is 11.6 Å². The van der Waals surface area contributed by atoms with Crippen molar-refractivity contribution < 1.29 is 8.78 Å². The molecule has 0 saturated carbocycles. The summed E-state index contributed by atoms with van der Waals surface area (Å²) in [5.74, 6) is -1.89. The van der Waals surface area contributed by atoms with E-state index in [4.69, 9.17) is 0 Å². The Kier molecular flexibility index (Phi) is 5.55. The van der Waals surface area contributed by atoms with Crippen LogP contribution in [-0.4, -0.2) is 8.75 Å². The molecule has 9 heteroatoms. The quantitative estimate of drug-likeness (QED) is 0.366. The minimum atomic E-state index is -0.955. The minimum Gasteiger partial charge on any atom is -0.203 e. The van der Waals surface area contributed by atoms with E-state index in [2.05, 4.69) is 47.2 Å². The van der Waals surface area contributed by atoms with Crippen LogP contribution in [0.15, 0.2) is 32.4 Å². The van der Waals surface area contributed by atoms with Crippen LogP contribution in [0.4, 0.5) is 8.78 Å². The standard InChI is InChI=1S/C15H8Br2F2N2S3/c1-3-8(16)22-6(2)10-12(18)13(19)11(7-4-5-9(17)23-7)15-14(10)20-24-21-15/h3-5H,2H2,1H3/b8-3-. The predicted octanol–water partition coefficient (Wildman–Crippen LogP) is 7.42. The number of thiophene rings is 1. The minimum absolute atomic E-state index is 0.0550. The molecule has 0 unspecified atom stereocenters. The van der Waals surface area contributed by atoms with Gasteiger partial charge in [0, 0.05) is 9.78 Å². The molecule has 0 N–H and O–H groups in total. The first kappa shape index (κ1) is 18.2. The van der Waals surface area contributed by atoms with E-state index in [1.807, 2.05) is 6.92 Å². The maximum absolute atomic E-state index is 14.8. The second-order valence-electron chi connectivity index (χ2n) is 4.56. The van der Waals surface area contributed by atoms with Crippen molar-refractivity contribution in [1.82, 2.24) is 8.75 Å². The monoisotopic (exact) mass is 508 g/mol. The number of benzene rings is 1. The van der Waals surface area contributed by atoms with Gasteiger partial charge in [-0.15, -0.1) is 11.3 Å². The third kappa shape index (κ3) is 3.24. The molecule has 124 valence electrons. The van der Waals surface area contributed by atoms with E-state index in [0.717, 1.165) is 19.3 Å². The molecule has 3 aromatic rings. The van der Waals surface area contributed by atoms with E-state index in [1.54, 1.807) is 18.2 Å². The molecule has 0 bridgehead atoms. The van der Waals surface area contributed by atoms with Crippen molar-refractivity contribution in [2.45, 2.75) is 6.92 Å². The van der Waals surface area contributed by atoms with E-state index in [9.17, 15) is 8.78 Å². The average Bonchev–Trinajstić information content (AvgIpc) is 3.17. The molecule has 0 amide bonds. The van der Waals surface area contributed by atoms with Crippen LogP contribution < -0.4 is 0 Å². The molecule has 0 aliphatic carbocycles. The van der Waals surface area contributed by atoms with Crippen LogP contribution in [0.1, 0.15) is 12.5 Å². The van der Waals surface area contributed by atoms with Gasteiger partial charge in [-0.2, -0.15) is 8.75 Å². The van der Waals surface area contributed by atoms with Gasteiger partial charge in [-0.05, 0) is 50.9 Å². The zero-order chi connectivity index (χ0) is 17.4. The fourth-order valence-electron chi connectivity index (χ4n) is 2.10. The normalized spacial score (nSPS) is 12.1. The number of hydrogen-bond acceptors (Lipinski definition) is 5. The van der Waals surface area contributed by atoms with Gasteiger partial charge >= 0.3 is 0 Å². The van der Waals surface area contributed by atoms with Crippen LogP contribution in [0.25, 0.3) is 26.4 Å². The van der Waals surface area contributed by atoms with Crippen LogP contribution in [0.5, 0.6) is 0 Å². The Hall–Kier alpha value is -0.610. The maximum Gasteiger partial charge on any atom is 0.170 e. The van der Waals surface area contributed by atoms with Crippen LogP contribution in [0.3, 0.4) is 0 Å². The van der Waals surface area contributed by atoms with E-state index in [1.165, 1.54) is 23.1 Å². The Morgan fingerprint density at radius 1 is 1.25 bits per heavy atom. The fourth-order valence-corrected chi connectivity index (χ4v) is 5.31. The molecule has 0 radical (unpaired) electrons. The van der Waals surface area contributed by atoms with E-state index < -0.39 is 11.6 Å². The lowest BCUT2D eigenvalue weighted by Gasteiger charge is -2.11. The maximum atomic E-state index is 14.8. The van der Waals surface area contributed by atoms with Gasteiger partial charge in [0.25, 0.3) is 0 Å². The topological polar surface area (TPSA) is 25.8 Å². The van der Waals surface area contributed by atoms with E-state index in [0.29, 0.717) is 20.8 Å². The van der Waals surface area contributed by atoms with Gasteiger partial charge in [0.2, 0.25) is 0 Å². The number of halogens is 4. The summed E-state index contributed by atoms with van der Waals surface area (Å²) >= 11 is 10.1. The van der Waals surface area contributed by atoms with Crippen molar-refractivity contribution in [2.24, 2.45) is 0 Å². The van der Waals surface area contributed by atoms with Crippen molar-refractivity contribution in [1.29, 1.82) is 0 Å². The van der Waals surface area contributed by atoms with Crippen LogP contribution in [0.2, 0.25) is 0 Å². The van der Waals surface area contributed by atoms with Crippen molar-refractivity contribution in [2.75, 3.05) is 0 Å². The highest BCUT2D eigenvalue weighted by molar-refractivity contribution is 9.14. The second-order valence-corrected chi connectivity index (χ2v) is 10.1. The number of allylic oxidation sites excluding steroid dienone is 1. The highest BCUT2D eigenvalue weighted by atomic mass is 79.9. The summed E-state index contributed by atoms with van der Waals surface area (Å²) in [7, 11) is 0. The van der Waals surface area contributed by atoms with Crippen molar-refractivity contribution >= 4 is 82.6 Å². The first-order valence-electron chi connectivity index (χ1n) is 6.52. The lowest BCUT2D eigenvalue weighted by atomic mass is 10.1. The zero-order valence-electron chi connectivity index (χ0n) is 12.1. The summed E-state index contributed by atoms with van der Waals surface area (Å²) in [5.41, 5.74) is 0.868. The highest BCUT2D eigenvalue weighted by Crippen LogP contribution is 2.44. The Bertz CT molecular complexity index is 979. The molecule has 1 aromatic carbocycles. The molecule has 2 nitrogen and oxygen atoms in total. The first-order chi connectivity index (χ1) is 11.4. The van der Waals surface area contributed by atoms with Gasteiger partial charge in [-0.3, -0.25) is 0 Å². The molecule has 0 spiro atoms. The molecular formula is C15H8Br2F2N2S3. The molecule has 2 heterocycles. The van der Waals surface area contributed by atoms with Gasteiger partial charge in [-0.1, -0.05) is 24.4 Å². The Balaban J connectivity index is 2.26. The molecule has 0 saturated heterocycles. The Morgan fingerprint density at radius 3 is 2.58 bits per heavy atom. The molecule has 0 aliphatic heterocycles. The number of hydrogen-bond donors (Lipinski definition) is 0. The summed E-state index contributed by atoms with van der Waals surface area (Å²) in [6.07, 6.45) is 1.80. The SMILES string of the molecule is C=C(S/C(Br)=C\C)c1c(F)c(F)c(-c2ccc(Br)s2)c2nsnc12. The first-order valence-corrected chi connectivity index (χ1v) is 10.5. The summed E-state index contributed by atoms with van der Waals surface area (Å²) < 4.78 is 39.6. The summed E-state index contributed by atoms with van der Waals surface area (Å²) in [6.45, 7) is 5.70. The molecular weight excluding hydrogens is 502 g/mol. The third-order valence-corrected chi connectivity index (χ3v) is 7.13. The number of thioether (sulfide) groups is 1. The summed E-state index contributed by atoms with van der Waals surface area (Å²) in [4.78, 5) is 0.961. The molecule has 24 heavy (non-hydrogen) atoms. The molecule has 0 aliphatic rings. The largest absolute Gasteiger partial charge is 0.203 e. The van der Waals surface area contributed by atoms with E-state index >= 15 is 0 Å². The Labute approximate surface area is 166 Å². The lowest BCUT2D eigenvalue weighted by molar-refractivity contribution is 0.511. The zero-order valence-corrected chi connectivity index (χ0v) is 17.7. The molecule has 0 atom stereocenters. The van der Waals surface area contributed by atoms with E-state index in [-0.39, 0.29) is 11.1 Å². The van der Waals surface area contributed by atoms with Gasteiger partial charge in [-0.25, -0.2) is 8.78 Å². The van der Waals surface area contributed by atoms with Gasteiger partial charge in [0.05, 0.1) is 30.5 Å². The number of aromatic nitrogens is 2. The van der Waals surface area contributed by atoms with Crippen LogP contribution >= 0.6 is 66.7 Å². The van der Waals surface area contributed by atoms with Gasteiger partial charge < -0.3 is 0 Å². The summed E-state index contributed by atoms with van der Waals surface area (Å²) in [5, 5.41) is 0. The number of fused-ring (bicyclic) bond motifs is 1. The molecule has 3 rings (SSSR count). The predicted molar refractivity (Wildman–Crippen MR) is 108 cm³/mol. The lowest BCUT2D eigenvalue weighted by Crippen LogP contribution is -1.98. The number of rotatable bonds is 4. The smallest absolute Gasteiger partial charge is 0.170 e. The molecule has 0 fully saturated rings. The third-order valence-electron chi connectivity index (χ3n) is 3.14. The van der Waals surface area contributed by atoms with Crippen molar-refractivity contribution in [3.8, 4) is 10.4 Å². The molecule has 2 aromatic heterocycles. The summed E-state index contributed by atoms with van der Waals surface area (Å²) in [6, 6.07) is 3.51. The van der Waals surface area contributed by atoms with Gasteiger partial charge in [0.1, 0.15) is 11.0 Å². The average molecular weight is 510 g/mol. The number of nitrogens with zero attached hydrogens (tertiary/aromatic N) is 2. The van der Waals surface area contributed by atoms with Gasteiger partial charge in [0.15, 0.2) is 11.6 Å². The van der Waals surface area contributed by atoms with Crippen LogP contribution in [-0.2, 0) is 0 Å². The Morgan fingerprint density at radius 2 is 1.96 bits per heavy atom. The fraction of sp³-hybridized carbons (Fsp3) is 0.0667. The second kappa shape index (κ2) is 7.33. The van der Waals surface area contributed by atoms with Crippen molar-refractivity contribution in [3.05, 3.63) is 49.6 Å².